The number of hydrogen-bond donors (Lipinski definition) is 1. The molecule has 0 aliphatic heterocycles. The Morgan fingerprint density at radius 1 is 1.30 bits per heavy atom. The minimum Gasteiger partial charge on any atom is -0.465 e. The number of rotatable bonds is 4. The fourth-order valence-electron chi connectivity index (χ4n) is 1.64. The van der Waals surface area contributed by atoms with E-state index in [1.54, 1.807) is 18.5 Å². The van der Waals surface area contributed by atoms with Gasteiger partial charge >= 0.3 is 5.97 Å². The molecule has 0 aliphatic rings. The summed E-state index contributed by atoms with van der Waals surface area (Å²) in [6, 6.07) is 3.57. The quantitative estimate of drug-likeness (QED) is 0.796. The lowest BCUT2D eigenvalue weighted by Gasteiger charge is -2.13. The van der Waals surface area contributed by atoms with Crippen molar-refractivity contribution < 1.29 is 9.53 Å². The number of carbonyl (C=O) groups excluding carboxylic acids is 1. The molecule has 0 bridgehead atoms. The molecule has 0 spiro atoms. The van der Waals surface area contributed by atoms with Gasteiger partial charge in [0.05, 0.1) is 18.4 Å². The Kier molecular flexibility index (Phi) is 5.08. The smallest absolute Gasteiger partial charge is 0.340 e. The first-order valence-corrected chi connectivity index (χ1v) is 7.25. The van der Waals surface area contributed by atoms with Crippen LogP contribution in [0, 0.1) is 0 Å². The number of nitrogens with zero attached hydrogens (tertiary/aromatic N) is 2. The number of ether oxygens (including phenoxy) is 1. The van der Waals surface area contributed by atoms with Gasteiger partial charge in [-0.3, -0.25) is 0 Å². The molecule has 2 rings (SSSR count). The second-order valence-electron chi connectivity index (χ2n) is 3.90. The highest BCUT2D eigenvalue weighted by molar-refractivity contribution is 9.11. The number of methoxy groups -OCH3 is 1. The fraction of sp³-hybridized carbons (Fsp3) is 0.154. The highest BCUT2D eigenvalue weighted by atomic mass is 79.9. The third-order valence-corrected chi connectivity index (χ3v) is 3.63. The molecular formula is C13H11Br2N3O2. The zero-order valence-corrected chi connectivity index (χ0v) is 13.7. The second kappa shape index (κ2) is 6.81. The number of hydrogen-bond acceptors (Lipinski definition) is 5. The standard InChI is InChI=1S/C13H11Br2N3O2/c1-20-13(19)10-2-9(14)3-11(15)12(10)18-6-8-4-16-7-17-5-8/h2-5,7,18H,6H2,1H3. The third kappa shape index (κ3) is 3.55. The van der Waals surface area contributed by atoms with Crippen LogP contribution in [-0.2, 0) is 11.3 Å². The number of anilines is 1. The molecule has 20 heavy (non-hydrogen) atoms. The Labute approximate surface area is 133 Å². The van der Waals surface area contributed by atoms with Crippen LogP contribution in [0.1, 0.15) is 15.9 Å². The monoisotopic (exact) mass is 399 g/mol. The van der Waals surface area contributed by atoms with Gasteiger partial charge in [0.25, 0.3) is 0 Å². The highest BCUT2D eigenvalue weighted by Crippen LogP contribution is 2.31. The van der Waals surface area contributed by atoms with Gasteiger partial charge in [0.2, 0.25) is 0 Å². The zero-order valence-electron chi connectivity index (χ0n) is 10.6. The summed E-state index contributed by atoms with van der Waals surface area (Å²) in [5, 5.41) is 3.19. The van der Waals surface area contributed by atoms with Crippen LogP contribution in [0.3, 0.4) is 0 Å². The van der Waals surface area contributed by atoms with Crippen molar-refractivity contribution in [2.75, 3.05) is 12.4 Å². The molecule has 0 saturated carbocycles. The summed E-state index contributed by atoms with van der Waals surface area (Å²) in [6.07, 6.45) is 4.90. The summed E-state index contributed by atoms with van der Waals surface area (Å²) in [7, 11) is 1.35. The third-order valence-electron chi connectivity index (χ3n) is 2.54. The molecule has 0 radical (unpaired) electrons. The van der Waals surface area contributed by atoms with Crippen LogP contribution < -0.4 is 5.32 Å². The number of benzene rings is 1. The molecule has 5 nitrogen and oxygen atoms in total. The van der Waals surface area contributed by atoms with E-state index in [4.69, 9.17) is 4.74 Å². The van der Waals surface area contributed by atoms with Gasteiger partial charge in [-0.05, 0) is 28.1 Å². The average molecular weight is 401 g/mol. The fourth-order valence-corrected chi connectivity index (χ4v) is 3.00. The van der Waals surface area contributed by atoms with E-state index < -0.39 is 5.97 Å². The second-order valence-corrected chi connectivity index (χ2v) is 5.67. The summed E-state index contributed by atoms with van der Waals surface area (Å²) in [4.78, 5) is 19.7. The molecule has 104 valence electrons. The maximum atomic E-state index is 11.8. The first-order chi connectivity index (χ1) is 9.61. The van der Waals surface area contributed by atoms with E-state index in [2.05, 4.69) is 47.1 Å². The van der Waals surface area contributed by atoms with E-state index in [1.807, 2.05) is 6.07 Å². The van der Waals surface area contributed by atoms with Gasteiger partial charge in [-0.15, -0.1) is 0 Å². The van der Waals surface area contributed by atoms with Crippen molar-refractivity contribution in [3.8, 4) is 0 Å². The van der Waals surface area contributed by atoms with Crippen molar-refractivity contribution >= 4 is 43.5 Å². The van der Waals surface area contributed by atoms with Crippen LogP contribution in [0.4, 0.5) is 5.69 Å². The zero-order chi connectivity index (χ0) is 14.5. The molecule has 1 heterocycles. The Hall–Kier alpha value is -1.47. The Morgan fingerprint density at radius 3 is 2.65 bits per heavy atom. The van der Waals surface area contributed by atoms with E-state index >= 15 is 0 Å². The number of halogens is 2. The summed E-state index contributed by atoms with van der Waals surface area (Å²) in [6.45, 7) is 0.505. The predicted octanol–water partition coefficient (Wildman–Crippen LogP) is 3.40. The molecule has 2 aromatic rings. The van der Waals surface area contributed by atoms with Crippen molar-refractivity contribution in [1.82, 2.24) is 9.97 Å². The van der Waals surface area contributed by atoms with Crippen LogP contribution in [0.2, 0.25) is 0 Å². The average Bonchev–Trinajstić information content (AvgIpc) is 2.46. The summed E-state index contributed by atoms with van der Waals surface area (Å²) in [5.74, 6) is -0.404. The van der Waals surface area contributed by atoms with Crippen molar-refractivity contribution in [3.05, 3.63) is 50.9 Å². The number of carbonyl (C=O) groups is 1. The van der Waals surface area contributed by atoms with E-state index in [-0.39, 0.29) is 0 Å². The van der Waals surface area contributed by atoms with Crippen molar-refractivity contribution in [3.63, 3.8) is 0 Å². The van der Waals surface area contributed by atoms with Gasteiger partial charge in [-0.1, -0.05) is 15.9 Å². The van der Waals surface area contributed by atoms with Gasteiger partial charge in [-0.2, -0.15) is 0 Å². The number of aromatic nitrogens is 2. The lowest BCUT2D eigenvalue weighted by Crippen LogP contribution is -2.09. The van der Waals surface area contributed by atoms with E-state index in [1.165, 1.54) is 13.4 Å². The van der Waals surface area contributed by atoms with Crippen LogP contribution >= 0.6 is 31.9 Å². The van der Waals surface area contributed by atoms with Crippen LogP contribution in [-0.4, -0.2) is 23.0 Å². The molecule has 1 aromatic heterocycles. The minimum absolute atomic E-state index is 0.404. The summed E-state index contributed by atoms with van der Waals surface area (Å²) in [5.41, 5.74) is 2.03. The van der Waals surface area contributed by atoms with Gasteiger partial charge in [0.15, 0.2) is 0 Å². The number of nitrogens with one attached hydrogen (secondary N) is 1. The van der Waals surface area contributed by atoms with Crippen molar-refractivity contribution in [2.45, 2.75) is 6.54 Å². The van der Waals surface area contributed by atoms with Crippen molar-refractivity contribution in [1.29, 1.82) is 0 Å². The predicted molar refractivity (Wildman–Crippen MR) is 82.5 cm³/mol. The maximum absolute atomic E-state index is 11.8. The molecule has 0 aliphatic carbocycles. The maximum Gasteiger partial charge on any atom is 0.340 e. The normalized spacial score (nSPS) is 10.2. The molecule has 0 unspecified atom stereocenters. The molecule has 1 N–H and O–H groups in total. The molecule has 1 aromatic carbocycles. The van der Waals surface area contributed by atoms with Crippen LogP contribution in [0.5, 0.6) is 0 Å². The van der Waals surface area contributed by atoms with E-state index in [0.29, 0.717) is 17.8 Å². The van der Waals surface area contributed by atoms with Gasteiger partial charge in [0.1, 0.15) is 6.33 Å². The molecule has 7 heteroatoms. The Morgan fingerprint density at radius 2 is 2.00 bits per heavy atom. The van der Waals surface area contributed by atoms with E-state index in [0.717, 1.165) is 14.5 Å². The molecule has 0 atom stereocenters. The highest BCUT2D eigenvalue weighted by Gasteiger charge is 2.16. The molecule has 0 saturated heterocycles. The summed E-state index contributed by atoms with van der Waals surface area (Å²) < 4.78 is 6.35. The summed E-state index contributed by atoms with van der Waals surface area (Å²) >= 11 is 6.79. The van der Waals surface area contributed by atoms with Crippen LogP contribution in [0.25, 0.3) is 0 Å². The van der Waals surface area contributed by atoms with E-state index in [9.17, 15) is 4.79 Å². The van der Waals surface area contributed by atoms with Gasteiger partial charge in [0, 0.05) is 33.4 Å². The van der Waals surface area contributed by atoms with Gasteiger partial charge < -0.3 is 10.1 Å². The first-order valence-electron chi connectivity index (χ1n) is 5.67. The first kappa shape index (κ1) is 14.9. The lowest BCUT2D eigenvalue weighted by molar-refractivity contribution is 0.0601. The van der Waals surface area contributed by atoms with Crippen molar-refractivity contribution in [2.24, 2.45) is 0 Å². The van der Waals surface area contributed by atoms with Gasteiger partial charge in [-0.25, -0.2) is 14.8 Å². The van der Waals surface area contributed by atoms with Crippen LogP contribution in [0.15, 0.2) is 39.8 Å². The Bertz CT molecular complexity index is 621. The molecular weight excluding hydrogens is 390 g/mol. The molecule has 0 fully saturated rings. The minimum atomic E-state index is -0.404. The molecule has 0 amide bonds. The SMILES string of the molecule is COC(=O)c1cc(Br)cc(Br)c1NCc1cncnc1. The number of esters is 1. The Balaban J connectivity index is 2.28. The largest absolute Gasteiger partial charge is 0.465 e. The topological polar surface area (TPSA) is 64.1 Å². The lowest BCUT2D eigenvalue weighted by atomic mass is 10.1.